The Labute approximate surface area is 203 Å². The van der Waals surface area contributed by atoms with Crippen molar-refractivity contribution < 1.29 is 9.90 Å². The number of thiazole rings is 1. The summed E-state index contributed by atoms with van der Waals surface area (Å²) in [5.41, 5.74) is 9.74. The van der Waals surface area contributed by atoms with E-state index in [-0.39, 0.29) is 5.69 Å². The van der Waals surface area contributed by atoms with Gasteiger partial charge in [-0.05, 0) is 68.0 Å². The number of anilines is 1. The zero-order chi connectivity index (χ0) is 24.1. The molecule has 0 spiro atoms. The van der Waals surface area contributed by atoms with E-state index in [0.717, 1.165) is 57.9 Å². The predicted octanol–water partition coefficient (Wildman–Crippen LogP) is 6.93. The minimum Gasteiger partial charge on any atom is -0.477 e. The third-order valence-corrected chi connectivity index (χ3v) is 6.65. The maximum atomic E-state index is 11.5. The fraction of sp³-hybridized carbons (Fsp3) is 0.259. The smallest absolute Gasteiger partial charge is 0.354 e. The van der Waals surface area contributed by atoms with Gasteiger partial charge >= 0.3 is 5.97 Å². The lowest BCUT2D eigenvalue weighted by Gasteiger charge is -2.11. The van der Waals surface area contributed by atoms with Crippen molar-refractivity contribution in [3.8, 4) is 11.3 Å². The molecule has 6 nitrogen and oxygen atoms in total. The summed E-state index contributed by atoms with van der Waals surface area (Å²) < 4.78 is 1.12. The SMILES string of the molecule is CC.Cc1ccc(-c2ccc3c(c2)/C(=N/Nc2nc4ccccc4s2)CCCC3)nc1C(=O)O. The highest BCUT2D eigenvalue weighted by atomic mass is 32.1. The van der Waals surface area contributed by atoms with E-state index in [4.69, 9.17) is 5.10 Å². The number of fused-ring (bicyclic) bond motifs is 2. The van der Waals surface area contributed by atoms with Gasteiger partial charge in [0.15, 0.2) is 5.69 Å². The summed E-state index contributed by atoms with van der Waals surface area (Å²) in [6, 6.07) is 17.9. The fourth-order valence-corrected chi connectivity index (χ4v) is 4.83. The second-order valence-corrected chi connectivity index (χ2v) is 8.93. The van der Waals surface area contributed by atoms with Crippen LogP contribution in [0.3, 0.4) is 0 Å². The van der Waals surface area contributed by atoms with Crippen LogP contribution in [0.25, 0.3) is 21.5 Å². The zero-order valence-electron chi connectivity index (χ0n) is 19.6. The lowest BCUT2D eigenvalue weighted by Crippen LogP contribution is -2.07. The van der Waals surface area contributed by atoms with E-state index < -0.39 is 5.97 Å². The molecule has 1 aliphatic rings. The number of pyridine rings is 1. The number of rotatable bonds is 4. The monoisotopic (exact) mass is 472 g/mol. The topological polar surface area (TPSA) is 87.5 Å². The summed E-state index contributed by atoms with van der Waals surface area (Å²) >= 11 is 1.58. The van der Waals surface area contributed by atoms with E-state index in [2.05, 4.69) is 33.6 Å². The molecule has 2 aromatic carbocycles. The maximum Gasteiger partial charge on any atom is 0.354 e. The van der Waals surface area contributed by atoms with E-state index >= 15 is 0 Å². The van der Waals surface area contributed by atoms with Gasteiger partial charge in [0, 0.05) is 11.1 Å². The Morgan fingerprint density at radius 2 is 1.82 bits per heavy atom. The van der Waals surface area contributed by atoms with E-state index in [9.17, 15) is 9.90 Å². The van der Waals surface area contributed by atoms with Crippen LogP contribution in [-0.4, -0.2) is 26.8 Å². The third-order valence-electron chi connectivity index (χ3n) is 5.71. The lowest BCUT2D eigenvalue weighted by atomic mass is 9.97. The van der Waals surface area contributed by atoms with Gasteiger partial charge in [-0.1, -0.05) is 55.5 Å². The number of nitrogens with zero attached hydrogens (tertiary/aromatic N) is 3. The quantitative estimate of drug-likeness (QED) is 0.248. The highest BCUT2D eigenvalue weighted by Crippen LogP contribution is 2.29. The highest BCUT2D eigenvalue weighted by molar-refractivity contribution is 7.22. The van der Waals surface area contributed by atoms with Crippen molar-refractivity contribution in [2.75, 3.05) is 5.43 Å². The number of hydrazone groups is 1. The zero-order valence-corrected chi connectivity index (χ0v) is 20.4. The molecule has 0 saturated carbocycles. The van der Waals surface area contributed by atoms with Gasteiger partial charge in [0.25, 0.3) is 0 Å². The molecule has 0 amide bonds. The van der Waals surface area contributed by atoms with Gasteiger partial charge in [0.1, 0.15) is 0 Å². The predicted molar refractivity (Wildman–Crippen MR) is 140 cm³/mol. The van der Waals surface area contributed by atoms with Crippen LogP contribution in [0.5, 0.6) is 0 Å². The number of carboxylic acid groups (broad SMARTS) is 1. The van der Waals surface area contributed by atoms with Crippen LogP contribution in [0.1, 0.15) is 60.3 Å². The second-order valence-electron chi connectivity index (χ2n) is 7.90. The number of hydrogen-bond acceptors (Lipinski definition) is 6. The van der Waals surface area contributed by atoms with Gasteiger partial charge < -0.3 is 5.11 Å². The summed E-state index contributed by atoms with van der Waals surface area (Å²) in [6.45, 7) is 5.76. The molecule has 0 aliphatic heterocycles. The Bertz CT molecular complexity index is 1330. The lowest BCUT2D eigenvalue weighted by molar-refractivity contribution is 0.0689. The molecule has 0 saturated heterocycles. The molecule has 2 aromatic heterocycles. The first-order valence-electron chi connectivity index (χ1n) is 11.6. The second kappa shape index (κ2) is 10.6. The number of aromatic nitrogens is 2. The van der Waals surface area contributed by atoms with Gasteiger partial charge in [0.05, 0.1) is 21.6 Å². The van der Waals surface area contributed by atoms with Crippen LogP contribution < -0.4 is 5.43 Å². The fourth-order valence-electron chi connectivity index (χ4n) is 4.02. The summed E-state index contributed by atoms with van der Waals surface area (Å²) in [5.74, 6) is -1.01. The van der Waals surface area contributed by atoms with Crippen LogP contribution in [-0.2, 0) is 6.42 Å². The highest BCUT2D eigenvalue weighted by Gasteiger charge is 2.17. The van der Waals surface area contributed by atoms with Crippen molar-refractivity contribution in [3.63, 3.8) is 0 Å². The van der Waals surface area contributed by atoms with Crippen LogP contribution in [0, 0.1) is 6.92 Å². The minimum absolute atomic E-state index is 0.0869. The summed E-state index contributed by atoms with van der Waals surface area (Å²) in [7, 11) is 0. The number of benzene rings is 2. The average molecular weight is 473 g/mol. The molecular formula is C27H28N4O2S. The molecule has 0 radical (unpaired) electrons. The Kier molecular flexibility index (Phi) is 7.33. The van der Waals surface area contributed by atoms with Crippen LogP contribution in [0.2, 0.25) is 0 Å². The summed E-state index contributed by atoms with van der Waals surface area (Å²) in [4.78, 5) is 20.5. The first kappa shape index (κ1) is 23.6. The standard InChI is InChI=1S/C25H22N4O2S.C2H6/c1-15-10-13-19(26-23(15)24(30)31)17-12-11-16-6-2-3-7-20(18(16)14-17)28-29-25-27-21-8-4-5-9-22(21)32-25;1-2/h4-5,8-14H,2-3,6-7H2,1H3,(H,27,29)(H,30,31);1-2H3/b28-20+;. The molecule has 174 valence electrons. The number of aromatic carboxylic acids is 1. The Morgan fingerprint density at radius 3 is 2.62 bits per heavy atom. The van der Waals surface area contributed by atoms with E-state index in [1.807, 2.05) is 44.2 Å². The summed E-state index contributed by atoms with van der Waals surface area (Å²) in [5, 5.41) is 15.0. The third kappa shape index (κ3) is 4.99. The van der Waals surface area contributed by atoms with Gasteiger partial charge in [-0.2, -0.15) is 5.10 Å². The number of hydrogen-bond donors (Lipinski definition) is 2. The maximum absolute atomic E-state index is 11.5. The van der Waals surface area contributed by atoms with Crippen molar-refractivity contribution in [1.29, 1.82) is 0 Å². The molecule has 0 atom stereocenters. The molecule has 0 bridgehead atoms. The molecule has 2 N–H and O–H groups in total. The first-order chi connectivity index (χ1) is 16.6. The van der Waals surface area contributed by atoms with Crippen molar-refractivity contribution in [2.24, 2.45) is 5.10 Å². The number of nitrogens with one attached hydrogen (secondary N) is 1. The molecule has 0 unspecified atom stereocenters. The molecule has 4 aromatic rings. The molecular weight excluding hydrogens is 444 g/mol. The van der Waals surface area contributed by atoms with Crippen LogP contribution in [0.4, 0.5) is 5.13 Å². The van der Waals surface area contributed by atoms with Crippen molar-refractivity contribution in [1.82, 2.24) is 9.97 Å². The van der Waals surface area contributed by atoms with Crippen LogP contribution in [0.15, 0.2) is 59.7 Å². The van der Waals surface area contributed by atoms with Gasteiger partial charge in [-0.25, -0.2) is 14.8 Å². The first-order valence-corrected chi connectivity index (χ1v) is 12.4. The van der Waals surface area contributed by atoms with Crippen molar-refractivity contribution >= 4 is 38.4 Å². The van der Waals surface area contributed by atoms with Gasteiger partial charge in [-0.3, -0.25) is 5.43 Å². The number of para-hydroxylation sites is 1. The van der Waals surface area contributed by atoms with Crippen LogP contribution >= 0.6 is 11.3 Å². The Hall–Kier alpha value is -3.58. The van der Waals surface area contributed by atoms with Crippen molar-refractivity contribution in [3.05, 3.63) is 77.0 Å². The average Bonchev–Trinajstić information content (AvgIpc) is 3.17. The number of carbonyl (C=O) groups is 1. The number of carboxylic acids is 1. The molecule has 2 heterocycles. The van der Waals surface area contributed by atoms with E-state index in [1.165, 1.54) is 5.56 Å². The molecule has 0 fully saturated rings. The molecule has 7 heteroatoms. The number of aryl methyl sites for hydroxylation is 2. The Balaban J connectivity index is 0.00000133. The molecule has 1 aliphatic carbocycles. The summed E-state index contributed by atoms with van der Waals surface area (Å²) in [6.07, 6.45) is 4.04. The van der Waals surface area contributed by atoms with E-state index in [0.29, 0.717) is 11.3 Å². The molecule has 34 heavy (non-hydrogen) atoms. The van der Waals surface area contributed by atoms with Gasteiger partial charge in [-0.15, -0.1) is 0 Å². The normalized spacial score (nSPS) is 14.1. The minimum atomic E-state index is -1.01. The molecule has 5 rings (SSSR count). The Morgan fingerprint density at radius 1 is 1.03 bits per heavy atom. The largest absolute Gasteiger partial charge is 0.477 e. The van der Waals surface area contributed by atoms with Gasteiger partial charge in [0.2, 0.25) is 5.13 Å². The van der Waals surface area contributed by atoms with Crippen molar-refractivity contribution in [2.45, 2.75) is 46.5 Å². The van der Waals surface area contributed by atoms with E-state index in [1.54, 1.807) is 24.3 Å².